The first-order valence-electron chi connectivity index (χ1n) is 6.09. The van der Waals surface area contributed by atoms with Crippen molar-refractivity contribution in [3.05, 3.63) is 70.3 Å². The predicted molar refractivity (Wildman–Crippen MR) is 83.7 cm³/mol. The van der Waals surface area contributed by atoms with Crippen LogP contribution in [0.5, 0.6) is 0 Å². The highest BCUT2D eigenvalue weighted by Crippen LogP contribution is 2.22. The van der Waals surface area contributed by atoms with Gasteiger partial charge >= 0.3 is 0 Å². The molecule has 3 nitrogen and oxygen atoms in total. The van der Waals surface area contributed by atoms with E-state index in [0.29, 0.717) is 16.8 Å². The topological polar surface area (TPSA) is 56.0 Å². The van der Waals surface area contributed by atoms with Gasteiger partial charge in [0.15, 0.2) is 5.78 Å². The Balaban J connectivity index is 2.08. The van der Waals surface area contributed by atoms with Gasteiger partial charge in [0.2, 0.25) is 0 Å². The van der Waals surface area contributed by atoms with Crippen molar-refractivity contribution in [3.63, 3.8) is 0 Å². The Morgan fingerprint density at radius 2 is 1.95 bits per heavy atom. The molecule has 0 atom stereocenters. The van der Waals surface area contributed by atoms with Gasteiger partial charge in [-0.1, -0.05) is 34.1 Å². The number of nitrogen functional groups attached to an aromatic ring is 1. The highest BCUT2D eigenvalue weighted by atomic mass is 79.9. The van der Waals surface area contributed by atoms with E-state index in [9.17, 15) is 4.79 Å². The van der Waals surface area contributed by atoms with Crippen molar-refractivity contribution in [2.45, 2.75) is 0 Å². The summed E-state index contributed by atoms with van der Waals surface area (Å²) < 4.78 is 0.853. The number of ketones is 1. The molecule has 3 rings (SSSR count). The third-order valence-electron chi connectivity index (χ3n) is 3.13. The lowest BCUT2D eigenvalue weighted by Gasteiger charge is -2.06. The van der Waals surface area contributed by atoms with Crippen LogP contribution in [0.3, 0.4) is 0 Å². The first kappa shape index (κ1) is 12.8. The maximum atomic E-state index is 12.5. The monoisotopic (exact) mass is 326 g/mol. The molecule has 98 valence electrons. The van der Waals surface area contributed by atoms with Gasteiger partial charge in [0.1, 0.15) is 0 Å². The van der Waals surface area contributed by atoms with Crippen molar-refractivity contribution in [2.24, 2.45) is 0 Å². The standard InChI is InChI=1S/C16H11BrN2O/c17-12-5-6-13(14(18)9-12)16(20)11-4-3-10-2-1-7-19-15(10)8-11/h1-9H,18H2. The molecule has 0 aliphatic carbocycles. The van der Waals surface area contributed by atoms with Crippen molar-refractivity contribution in [3.8, 4) is 0 Å². The minimum absolute atomic E-state index is 0.0949. The average molecular weight is 327 g/mol. The lowest BCUT2D eigenvalue weighted by molar-refractivity contribution is 0.103. The van der Waals surface area contributed by atoms with E-state index in [4.69, 9.17) is 5.73 Å². The molecule has 0 fully saturated rings. The number of benzene rings is 2. The van der Waals surface area contributed by atoms with Crippen LogP contribution >= 0.6 is 15.9 Å². The Hall–Kier alpha value is -2.20. The normalized spacial score (nSPS) is 10.7. The summed E-state index contributed by atoms with van der Waals surface area (Å²) in [6.07, 6.45) is 1.71. The number of carbonyl (C=O) groups is 1. The molecule has 4 heteroatoms. The molecule has 0 saturated heterocycles. The molecule has 1 aromatic heterocycles. The van der Waals surface area contributed by atoms with Gasteiger partial charge in [-0.15, -0.1) is 0 Å². The van der Waals surface area contributed by atoms with Crippen molar-refractivity contribution in [2.75, 3.05) is 5.73 Å². The van der Waals surface area contributed by atoms with Crippen LogP contribution in [-0.4, -0.2) is 10.8 Å². The first-order valence-corrected chi connectivity index (χ1v) is 6.89. The van der Waals surface area contributed by atoms with E-state index in [-0.39, 0.29) is 5.78 Å². The number of hydrogen-bond donors (Lipinski definition) is 1. The van der Waals surface area contributed by atoms with Crippen LogP contribution in [0.15, 0.2) is 59.2 Å². The van der Waals surface area contributed by atoms with Crippen molar-refractivity contribution in [1.29, 1.82) is 0 Å². The summed E-state index contributed by atoms with van der Waals surface area (Å²) in [5, 5.41) is 1.01. The first-order chi connectivity index (χ1) is 9.65. The van der Waals surface area contributed by atoms with Gasteiger partial charge in [-0.25, -0.2) is 0 Å². The lowest BCUT2D eigenvalue weighted by Crippen LogP contribution is -2.05. The molecule has 2 aromatic carbocycles. The summed E-state index contributed by atoms with van der Waals surface area (Å²) in [4.78, 5) is 16.8. The van der Waals surface area contributed by atoms with Gasteiger partial charge in [0.25, 0.3) is 0 Å². The largest absolute Gasteiger partial charge is 0.398 e. The number of rotatable bonds is 2. The molecule has 3 aromatic rings. The average Bonchev–Trinajstić information content (AvgIpc) is 2.46. The Morgan fingerprint density at radius 3 is 2.75 bits per heavy atom. The van der Waals surface area contributed by atoms with Crippen LogP contribution in [0, 0.1) is 0 Å². The van der Waals surface area contributed by atoms with Gasteiger partial charge in [-0.05, 0) is 30.3 Å². The maximum Gasteiger partial charge on any atom is 0.195 e. The number of nitrogens with two attached hydrogens (primary N) is 1. The fourth-order valence-electron chi connectivity index (χ4n) is 2.10. The molecule has 0 aliphatic heterocycles. The maximum absolute atomic E-state index is 12.5. The third kappa shape index (κ3) is 2.30. The van der Waals surface area contributed by atoms with Gasteiger partial charge in [-0.2, -0.15) is 0 Å². The molecule has 0 unspecified atom stereocenters. The summed E-state index contributed by atoms with van der Waals surface area (Å²) in [5.41, 5.74) is 8.26. The van der Waals surface area contributed by atoms with Gasteiger partial charge in [0.05, 0.1) is 5.52 Å². The van der Waals surface area contributed by atoms with Gasteiger partial charge in [0, 0.05) is 32.9 Å². The number of carbonyl (C=O) groups excluding carboxylic acids is 1. The van der Waals surface area contributed by atoms with Gasteiger partial charge in [-0.3, -0.25) is 9.78 Å². The smallest absolute Gasteiger partial charge is 0.195 e. The fraction of sp³-hybridized carbons (Fsp3) is 0. The van der Waals surface area contributed by atoms with Crippen LogP contribution in [-0.2, 0) is 0 Å². The third-order valence-corrected chi connectivity index (χ3v) is 3.62. The van der Waals surface area contributed by atoms with Crippen molar-refractivity contribution < 1.29 is 4.79 Å². The number of nitrogens with zero attached hydrogens (tertiary/aromatic N) is 1. The van der Waals surface area contributed by atoms with Crippen LogP contribution in [0.2, 0.25) is 0 Å². The number of anilines is 1. The van der Waals surface area contributed by atoms with Gasteiger partial charge < -0.3 is 5.73 Å². The molecule has 0 aliphatic rings. The second-order valence-corrected chi connectivity index (χ2v) is 5.39. The molecule has 0 spiro atoms. The summed E-state index contributed by atoms with van der Waals surface area (Å²) in [7, 11) is 0. The minimum atomic E-state index is -0.0949. The van der Waals surface area contributed by atoms with E-state index in [1.165, 1.54) is 0 Å². The predicted octanol–water partition coefficient (Wildman–Crippen LogP) is 3.81. The van der Waals surface area contributed by atoms with Crippen LogP contribution in [0.1, 0.15) is 15.9 Å². The molecular formula is C16H11BrN2O. The zero-order valence-corrected chi connectivity index (χ0v) is 12.1. The quantitative estimate of drug-likeness (QED) is 0.575. The molecular weight excluding hydrogens is 316 g/mol. The molecule has 0 amide bonds. The van der Waals surface area contributed by atoms with E-state index in [1.54, 1.807) is 30.5 Å². The number of halogens is 1. The summed E-state index contributed by atoms with van der Waals surface area (Å²) in [6, 6.07) is 14.6. The SMILES string of the molecule is Nc1cc(Br)ccc1C(=O)c1ccc2cccnc2c1. The molecule has 1 heterocycles. The zero-order valence-electron chi connectivity index (χ0n) is 10.5. The summed E-state index contributed by atoms with van der Waals surface area (Å²) >= 11 is 3.33. The Kier molecular flexibility index (Phi) is 3.24. The fourth-order valence-corrected chi connectivity index (χ4v) is 2.48. The zero-order chi connectivity index (χ0) is 14.1. The van der Waals surface area contributed by atoms with Crippen molar-refractivity contribution in [1.82, 2.24) is 4.98 Å². The Morgan fingerprint density at radius 1 is 1.10 bits per heavy atom. The van der Waals surface area contributed by atoms with Crippen LogP contribution in [0.4, 0.5) is 5.69 Å². The highest BCUT2D eigenvalue weighted by Gasteiger charge is 2.13. The number of pyridine rings is 1. The molecule has 0 radical (unpaired) electrons. The lowest BCUT2D eigenvalue weighted by atomic mass is 10.0. The summed E-state index contributed by atoms with van der Waals surface area (Å²) in [5.74, 6) is -0.0949. The van der Waals surface area contributed by atoms with E-state index in [2.05, 4.69) is 20.9 Å². The van der Waals surface area contributed by atoms with E-state index in [0.717, 1.165) is 15.4 Å². The molecule has 2 N–H and O–H groups in total. The Labute approximate surface area is 124 Å². The second kappa shape index (κ2) is 5.06. The van der Waals surface area contributed by atoms with Crippen LogP contribution < -0.4 is 5.73 Å². The molecule has 20 heavy (non-hydrogen) atoms. The van der Waals surface area contributed by atoms with Crippen molar-refractivity contribution >= 4 is 38.3 Å². The van der Waals surface area contributed by atoms with E-state index >= 15 is 0 Å². The Bertz CT molecular complexity index is 814. The molecule has 0 saturated carbocycles. The molecule has 0 bridgehead atoms. The number of aromatic nitrogens is 1. The van der Waals surface area contributed by atoms with Crippen LogP contribution in [0.25, 0.3) is 10.9 Å². The minimum Gasteiger partial charge on any atom is -0.398 e. The van der Waals surface area contributed by atoms with E-state index in [1.807, 2.05) is 24.3 Å². The van der Waals surface area contributed by atoms with E-state index < -0.39 is 0 Å². The summed E-state index contributed by atoms with van der Waals surface area (Å²) in [6.45, 7) is 0. The second-order valence-electron chi connectivity index (χ2n) is 4.47. The number of fused-ring (bicyclic) bond motifs is 1. The number of hydrogen-bond acceptors (Lipinski definition) is 3. The highest BCUT2D eigenvalue weighted by molar-refractivity contribution is 9.10.